The Morgan fingerprint density at radius 1 is 1.36 bits per heavy atom. The monoisotopic (exact) mass is 346 g/mol. The van der Waals surface area contributed by atoms with Gasteiger partial charge in [-0.2, -0.15) is 8.78 Å². The van der Waals surface area contributed by atoms with E-state index in [-0.39, 0.29) is 5.75 Å². The summed E-state index contributed by atoms with van der Waals surface area (Å²) in [5.41, 5.74) is 0. The molecule has 0 aliphatic heterocycles. The fourth-order valence-electron chi connectivity index (χ4n) is 0.889. The van der Waals surface area contributed by atoms with Crippen molar-refractivity contribution in [1.29, 1.82) is 0 Å². The number of benzene rings is 1. The van der Waals surface area contributed by atoms with Gasteiger partial charge in [-0.05, 0) is 50.2 Å². The Kier molecular flexibility index (Phi) is 4.66. The number of halogens is 4. The number of alkyl halides is 2. The maximum Gasteiger partial charge on any atom is 0.387 e. The van der Waals surface area contributed by atoms with Crippen LogP contribution >= 0.6 is 43.6 Å². The Morgan fingerprint density at radius 2 is 2.00 bits per heavy atom. The van der Waals surface area contributed by atoms with Crippen molar-refractivity contribution < 1.29 is 13.5 Å². The smallest absolute Gasteiger partial charge is 0.387 e. The van der Waals surface area contributed by atoms with Crippen LogP contribution in [-0.4, -0.2) is 12.9 Å². The minimum absolute atomic E-state index is 0.146. The van der Waals surface area contributed by atoms with Crippen LogP contribution in [0.4, 0.5) is 8.78 Å². The van der Waals surface area contributed by atoms with E-state index in [4.69, 9.17) is 0 Å². The molecular weight excluding hydrogens is 342 g/mol. The second-order valence-electron chi connectivity index (χ2n) is 2.27. The third-order valence-electron chi connectivity index (χ3n) is 1.43. The van der Waals surface area contributed by atoms with Crippen LogP contribution in [0.5, 0.6) is 5.75 Å². The summed E-state index contributed by atoms with van der Waals surface area (Å²) in [6.45, 7) is -2.80. The summed E-state index contributed by atoms with van der Waals surface area (Å²) >= 11 is 7.97. The van der Waals surface area contributed by atoms with Crippen molar-refractivity contribution in [3.05, 3.63) is 21.1 Å². The van der Waals surface area contributed by atoms with Crippen molar-refractivity contribution in [3.8, 4) is 5.75 Å². The molecule has 1 rings (SSSR count). The second kappa shape index (κ2) is 5.32. The molecule has 0 aliphatic rings. The molecule has 0 atom stereocenters. The van der Waals surface area contributed by atoms with Gasteiger partial charge in [-0.15, -0.1) is 11.8 Å². The van der Waals surface area contributed by atoms with Crippen molar-refractivity contribution >= 4 is 43.6 Å². The Balaban J connectivity index is 3.08. The fourth-order valence-corrected chi connectivity index (χ4v) is 3.44. The van der Waals surface area contributed by atoms with Crippen molar-refractivity contribution in [2.75, 3.05) is 6.26 Å². The molecule has 0 heterocycles. The van der Waals surface area contributed by atoms with Crippen molar-refractivity contribution in [2.45, 2.75) is 11.5 Å². The molecule has 0 unspecified atom stereocenters. The van der Waals surface area contributed by atoms with Crippen LogP contribution in [-0.2, 0) is 0 Å². The number of ether oxygens (including phenoxy) is 1. The van der Waals surface area contributed by atoms with Crippen LogP contribution in [0, 0.1) is 0 Å². The van der Waals surface area contributed by atoms with E-state index < -0.39 is 6.61 Å². The zero-order valence-corrected chi connectivity index (χ0v) is 11.0. The zero-order valence-electron chi connectivity index (χ0n) is 7.06. The standard InChI is InChI=1S/C8H6Br2F2OS/c1-14-7-4(9)2-3-5(6(7)10)13-8(11)12/h2-3,8H,1H3. The highest BCUT2D eigenvalue weighted by atomic mass is 79.9. The average molecular weight is 348 g/mol. The van der Waals surface area contributed by atoms with Crippen LogP contribution < -0.4 is 4.74 Å². The number of hydrogen-bond acceptors (Lipinski definition) is 2. The molecule has 0 N–H and O–H groups in total. The van der Waals surface area contributed by atoms with Crippen LogP contribution in [0.15, 0.2) is 26.0 Å². The van der Waals surface area contributed by atoms with E-state index in [1.807, 2.05) is 6.26 Å². The van der Waals surface area contributed by atoms with Gasteiger partial charge in [0, 0.05) is 9.37 Å². The lowest BCUT2D eigenvalue weighted by atomic mass is 10.3. The first kappa shape index (κ1) is 12.3. The molecule has 0 saturated heterocycles. The number of hydrogen-bond donors (Lipinski definition) is 0. The van der Waals surface area contributed by atoms with Gasteiger partial charge in [0.15, 0.2) is 0 Å². The summed E-state index contributed by atoms with van der Waals surface area (Å²) in [5, 5.41) is 0. The maximum atomic E-state index is 12.0. The molecule has 0 fully saturated rings. The Hall–Kier alpha value is 0.190. The predicted octanol–water partition coefficient (Wildman–Crippen LogP) is 4.53. The number of thioether (sulfide) groups is 1. The van der Waals surface area contributed by atoms with E-state index in [0.717, 1.165) is 9.37 Å². The summed E-state index contributed by atoms with van der Waals surface area (Å²) in [5.74, 6) is 0.146. The first-order valence-corrected chi connectivity index (χ1v) is 6.34. The minimum Gasteiger partial charge on any atom is -0.434 e. The SMILES string of the molecule is CSc1c(Br)ccc(OC(F)F)c1Br. The van der Waals surface area contributed by atoms with Gasteiger partial charge < -0.3 is 4.74 Å². The van der Waals surface area contributed by atoms with Gasteiger partial charge in [0.2, 0.25) is 0 Å². The quantitative estimate of drug-likeness (QED) is 0.742. The Bertz CT molecular complexity index is 333. The molecule has 0 saturated carbocycles. The van der Waals surface area contributed by atoms with Crippen LogP contribution in [0.3, 0.4) is 0 Å². The topological polar surface area (TPSA) is 9.23 Å². The average Bonchev–Trinajstić information content (AvgIpc) is 2.10. The molecule has 1 nitrogen and oxygen atoms in total. The van der Waals surface area contributed by atoms with E-state index >= 15 is 0 Å². The van der Waals surface area contributed by atoms with Gasteiger partial charge in [0.25, 0.3) is 0 Å². The minimum atomic E-state index is -2.80. The molecule has 0 bridgehead atoms. The van der Waals surface area contributed by atoms with E-state index in [9.17, 15) is 8.78 Å². The highest BCUT2D eigenvalue weighted by molar-refractivity contribution is 9.11. The summed E-state index contributed by atoms with van der Waals surface area (Å²) in [6.07, 6.45) is 1.86. The molecule has 0 spiro atoms. The highest BCUT2D eigenvalue weighted by Gasteiger charge is 2.13. The van der Waals surface area contributed by atoms with E-state index in [0.29, 0.717) is 4.47 Å². The zero-order chi connectivity index (χ0) is 10.7. The fraction of sp³-hybridized carbons (Fsp3) is 0.250. The summed E-state index contributed by atoms with van der Waals surface area (Å²) < 4.78 is 29.7. The van der Waals surface area contributed by atoms with Gasteiger partial charge in [0.05, 0.1) is 4.47 Å². The van der Waals surface area contributed by atoms with E-state index in [1.54, 1.807) is 6.07 Å². The summed E-state index contributed by atoms with van der Waals surface area (Å²) in [4.78, 5) is 0.836. The van der Waals surface area contributed by atoms with Crippen LogP contribution in [0.25, 0.3) is 0 Å². The van der Waals surface area contributed by atoms with Crippen molar-refractivity contribution in [1.82, 2.24) is 0 Å². The third-order valence-corrected chi connectivity index (χ3v) is 4.24. The summed E-state index contributed by atoms with van der Waals surface area (Å²) in [6, 6.07) is 3.16. The number of rotatable bonds is 3. The van der Waals surface area contributed by atoms with Crippen molar-refractivity contribution in [2.24, 2.45) is 0 Å². The second-order valence-corrected chi connectivity index (χ2v) is 4.74. The third kappa shape index (κ3) is 2.84. The molecule has 1 aromatic rings. The van der Waals surface area contributed by atoms with Crippen molar-refractivity contribution in [3.63, 3.8) is 0 Å². The molecule has 78 valence electrons. The Labute approximate surface area is 101 Å². The Morgan fingerprint density at radius 3 is 2.50 bits per heavy atom. The maximum absolute atomic E-state index is 12.0. The molecule has 0 amide bonds. The van der Waals surface area contributed by atoms with E-state index in [1.165, 1.54) is 17.8 Å². The lowest BCUT2D eigenvalue weighted by Gasteiger charge is -2.10. The molecule has 6 heteroatoms. The van der Waals surface area contributed by atoms with Crippen LogP contribution in [0.1, 0.15) is 0 Å². The first-order chi connectivity index (χ1) is 6.56. The molecule has 14 heavy (non-hydrogen) atoms. The molecule has 1 aromatic carbocycles. The van der Waals surface area contributed by atoms with E-state index in [2.05, 4.69) is 36.6 Å². The molecule has 0 radical (unpaired) electrons. The van der Waals surface area contributed by atoms with Gasteiger partial charge in [-0.25, -0.2) is 0 Å². The predicted molar refractivity (Wildman–Crippen MR) is 60.3 cm³/mol. The van der Waals surface area contributed by atoms with Gasteiger partial charge in [-0.3, -0.25) is 0 Å². The first-order valence-electron chi connectivity index (χ1n) is 3.53. The van der Waals surface area contributed by atoms with Gasteiger partial charge in [0.1, 0.15) is 5.75 Å². The van der Waals surface area contributed by atoms with Gasteiger partial charge in [-0.1, -0.05) is 0 Å². The highest BCUT2D eigenvalue weighted by Crippen LogP contribution is 2.39. The molecular formula is C8H6Br2F2OS. The largest absolute Gasteiger partial charge is 0.434 e. The van der Waals surface area contributed by atoms with Gasteiger partial charge >= 0.3 is 6.61 Å². The lowest BCUT2D eigenvalue weighted by molar-refractivity contribution is -0.0505. The summed E-state index contributed by atoms with van der Waals surface area (Å²) in [7, 11) is 0. The lowest BCUT2D eigenvalue weighted by Crippen LogP contribution is -2.02. The normalized spacial score (nSPS) is 10.7. The van der Waals surface area contributed by atoms with Crippen LogP contribution in [0.2, 0.25) is 0 Å². The molecule has 0 aliphatic carbocycles. The molecule has 0 aromatic heterocycles.